The average Bonchev–Trinajstić information content (AvgIpc) is 3.47. The second kappa shape index (κ2) is 7.98. The van der Waals surface area contributed by atoms with Gasteiger partial charge in [0.15, 0.2) is 5.82 Å². The van der Waals surface area contributed by atoms with E-state index in [0.29, 0.717) is 18.3 Å². The Bertz CT molecular complexity index is 1060. The second-order valence-electron chi connectivity index (χ2n) is 8.03. The van der Waals surface area contributed by atoms with Gasteiger partial charge in [0.1, 0.15) is 11.6 Å². The summed E-state index contributed by atoms with van der Waals surface area (Å²) in [5.74, 6) is 3.27. The maximum Gasteiger partial charge on any atom is 0.266 e. The van der Waals surface area contributed by atoms with Gasteiger partial charge in [-0.2, -0.15) is 5.10 Å². The molecule has 0 unspecified atom stereocenters. The first-order valence-corrected chi connectivity index (χ1v) is 10.6. The van der Waals surface area contributed by atoms with Gasteiger partial charge in [-0.1, -0.05) is 0 Å². The Morgan fingerprint density at radius 3 is 2.60 bits per heavy atom. The van der Waals surface area contributed by atoms with E-state index >= 15 is 0 Å². The molecular formula is C21H26N8O. The number of piperazine rings is 1. The standard InChI is InChI=1S/C21H26N8O/c1-16-15-19(24-21(23-16)17-3-4-17)27-12-9-26(10-13-27)11-14-29-20(30)6-5-18(25-29)28-8-2-7-22-28/h2,5-8,15,17H,3-4,9-14H2,1H3. The Hall–Kier alpha value is -3.07. The summed E-state index contributed by atoms with van der Waals surface area (Å²) in [6, 6.07) is 7.18. The van der Waals surface area contributed by atoms with Gasteiger partial charge in [0.05, 0.1) is 6.54 Å². The van der Waals surface area contributed by atoms with Gasteiger partial charge < -0.3 is 4.90 Å². The van der Waals surface area contributed by atoms with Gasteiger partial charge in [0.25, 0.3) is 5.56 Å². The van der Waals surface area contributed by atoms with Gasteiger partial charge in [0.2, 0.25) is 0 Å². The Kier molecular flexibility index (Phi) is 5.04. The molecule has 0 spiro atoms. The van der Waals surface area contributed by atoms with Gasteiger partial charge in [-0.15, -0.1) is 5.10 Å². The highest BCUT2D eigenvalue weighted by Gasteiger charge is 2.28. The first kappa shape index (κ1) is 18.9. The van der Waals surface area contributed by atoms with E-state index in [1.807, 2.05) is 12.3 Å². The predicted molar refractivity (Wildman–Crippen MR) is 113 cm³/mol. The Morgan fingerprint density at radius 1 is 1.03 bits per heavy atom. The highest BCUT2D eigenvalue weighted by Crippen LogP contribution is 2.38. The highest BCUT2D eigenvalue weighted by molar-refractivity contribution is 5.41. The molecule has 2 aliphatic rings. The molecule has 156 valence electrons. The van der Waals surface area contributed by atoms with Gasteiger partial charge >= 0.3 is 0 Å². The molecule has 0 bridgehead atoms. The zero-order chi connectivity index (χ0) is 20.5. The summed E-state index contributed by atoms with van der Waals surface area (Å²) < 4.78 is 3.19. The summed E-state index contributed by atoms with van der Waals surface area (Å²) in [6.45, 7) is 7.14. The van der Waals surface area contributed by atoms with E-state index in [0.717, 1.165) is 50.1 Å². The molecule has 1 saturated heterocycles. The number of aryl methyl sites for hydroxylation is 1. The molecule has 0 atom stereocenters. The van der Waals surface area contributed by atoms with Crippen molar-refractivity contribution in [3.05, 3.63) is 58.5 Å². The molecule has 1 aliphatic carbocycles. The topological polar surface area (TPSA) is 85.0 Å². The van der Waals surface area contributed by atoms with Crippen molar-refractivity contribution in [1.82, 2.24) is 34.4 Å². The van der Waals surface area contributed by atoms with Crippen molar-refractivity contribution < 1.29 is 0 Å². The first-order valence-electron chi connectivity index (χ1n) is 10.6. The molecule has 1 aliphatic heterocycles. The number of aromatic nitrogens is 6. The van der Waals surface area contributed by atoms with E-state index in [2.05, 4.69) is 38.0 Å². The van der Waals surface area contributed by atoms with Crippen LogP contribution < -0.4 is 10.5 Å². The van der Waals surface area contributed by atoms with Crippen LogP contribution in [0, 0.1) is 6.92 Å². The van der Waals surface area contributed by atoms with Crippen LogP contribution in [0.4, 0.5) is 5.82 Å². The van der Waals surface area contributed by atoms with Crippen LogP contribution in [-0.4, -0.2) is 67.2 Å². The van der Waals surface area contributed by atoms with Gasteiger partial charge in [0, 0.05) is 68.9 Å². The van der Waals surface area contributed by atoms with Crippen LogP contribution in [0.1, 0.15) is 30.3 Å². The molecule has 0 amide bonds. The van der Waals surface area contributed by atoms with E-state index in [-0.39, 0.29) is 5.56 Å². The van der Waals surface area contributed by atoms with Crippen molar-refractivity contribution in [2.45, 2.75) is 32.2 Å². The van der Waals surface area contributed by atoms with E-state index in [1.165, 1.54) is 17.5 Å². The van der Waals surface area contributed by atoms with Crippen LogP contribution in [0.15, 0.2) is 41.5 Å². The largest absolute Gasteiger partial charge is 0.354 e. The molecule has 4 heterocycles. The second-order valence-corrected chi connectivity index (χ2v) is 8.03. The van der Waals surface area contributed by atoms with Gasteiger partial charge in [-0.25, -0.2) is 19.3 Å². The fourth-order valence-corrected chi connectivity index (χ4v) is 3.82. The molecule has 0 N–H and O–H groups in total. The smallest absolute Gasteiger partial charge is 0.266 e. The normalized spacial score (nSPS) is 17.4. The van der Waals surface area contributed by atoms with Crippen molar-refractivity contribution in [3.63, 3.8) is 0 Å². The lowest BCUT2D eigenvalue weighted by Gasteiger charge is -2.35. The molecule has 1 saturated carbocycles. The number of rotatable bonds is 6. The lowest BCUT2D eigenvalue weighted by Crippen LogP contribution is -2.48. The zero-order valence-corrected chi connectivity index (χ0v) is 17.2. The Labute approximate surface area is 175 Å². The summed E-state index contributed by atoms with van der Waals surface area (Å²) in [5, 5.41) is 8.64. The van der Waals surface area contributed by atoms with E-state index in [4.69, 9.17) is 4.98 Å². The van der Waals surface area contributed by atoms with Crippen LogP contribution in [0.5, 0.6) is 0 Å². The molecule has 3 aromatic rings. The summed E-state index contributed by atoms with van der Waals surface area (Å²) in [6.07, 6.45) is 5.95. The monoisotopic (exact) mass is 406 g/mol. The summed E-state index contributed by atoms with van der Waals surface area (Å²) in [4.78, 5) is 26.4. The van der Waals surface area contributed by atoms with E-state index < -0.39 is 0 Å². The van der Waals surface area contributed by atoms with E-state index in [1.54, 1.807) is 23.0 Å². The van der Waals surface area contributed by atoms with Crippen molar-refractivity contribution in [3.8, 4) is 5.82 Å². The van der Waals surface area contributed by atoms with Crippen LogP contribution in [0.3, 0.4) is 0 Å². The summed E-state index contributed by atoms with van der Waals surface area (Å²) >= 11 is 0. The molecule has 5 rings (SSSR count). The lowest BCUT2D eigenvalue weighted by molar-refractivity contribution is 0.242. The third-order valence-electron chi connectivity index (χ3n) is 5.72. The van der Waals surface area contributed by atoms with Crippen molar-refractivity contribution in [2.75, 3.05) is 37.6 Å². The maximum atomic E-state index is 12.2. The van der Waals surface area contributed by atoms with Crippen molar-refractivity contribution in [2.24, 2.45) is 0 Å². The number of hydrogen-bond acceptors (Lipinski definition) is 7. The molecule has 3 aromatic heterocycles. The molecule has 0 radical (unpaired) electrons. The maximum absolute atomic E-state index is 12.2. The fraction of sp³-hybridized carbons (Fsp3) is 0.476. The van der Waals surface area contributed by atoms with Gasteiger partial charge in [-0.3, -0.25) is 9.69 Å². The van der Waals surface area contributed by atoms with E-state index in [9.17, 15) is 4.79 Å². The predicted octanol–water partition coefficient (Wildman–Crippen LogP) is 1.23. The highest BCUT2D eigenvalue weighted by atomic mass is 16.1. The van der Waals surface area contributed by atoms with Gasteiger partial charge in [-0.05, 0) is 31.9 Å². The lowest BCUT2D eigenvalue weighted by atomic mass is 10.3. The van der Waals surface area contributed by atoms with Crippen molar-refractivity contribution in [1.29, 1.82) is 0 Å². The quantitative estimate of drug-likeness (QED) is 0.609. The summed E-state index contributed by atoms with van der Waals surface area (Å²) in [7, 11) is 0. The zero-order valence-electron chi connectivity index (χ0n) is 17.2. The average molecular weight is 406 g/mol. The van der Waals surface area contributed by atoms with Crippen LogP contribution in [-0.2, 0) is 6.54 Å². The number of anilines is 1. The Morgan fingerprint density at radius 2 is 1.87 bits per heavy atom. The van der Waals surface area contributed by atoms with Crippen LogP contribution in [0.2, 0.25) is 0 Å². The molecule has 9 nitrogen and oxygen atoms in total. The molecule has 30 heavy (non-hydrogen) atoms. The molecule has 0 aromatic carbocycles. The minimum absolute atomic E-state index is 0.0893. The third-order valence-corrected chi connectivity index (χ3v) is 5.72. The first-order chi connectivity index (χ1) is 14.7. The minimum atomic E-state index is -0.0893. The molecular weight excluding hydrogens is 380 g/mol. The molecule has 9 heteroatoms. The molecule has 2 fully saturated rings. The Balaban J connectivity index is 1.19. The SMILES string of the molecule is Cc1cc(N2CCN(CCn3nc(-n4cccn4)ccc3=O)CC2)nc(C2CC2)n1. The third kappa shape index (κ3) is 4.11. The van der Waals surface area contributed by atoms with Crippen molar-refractivity contribution >= 4 is 5.82 Å². The summed E-state index contributed by atoms with van der Waals surface area (Å²) in [5.41, 5.74) is 0.959. The number of hydrogen-bond donors (Lipinski definition) is 0. The fourth-order valence-electron chi connectivity index (χ4n) is 3.82. The number of nitrogens with zero attached hydrogens (tertiary/aromatic N) is 8. The van der Waals surface area contributed by atoms with Crippen LogP contribution >= 0.6 is 0 Å². The minimum Gasteiger partial charge on any atom is -0.354 e. The van der Waals surface area contributed by atoms with Crippen LogP contribution in [0.25, 0.3) is 5.82 Å².